The van der Waals surface area contributed by atoms with Gasteiger partial charge in [0.05, 0.1) is 12.6 Å². The summed E-state index contributed by atoms with van der Waals surface area (Å²) < 4.78 is 34.0. The quantitative estimate of drug-likeness (QED) is 0.321. The van der Waals surface area contributed by atoms with E-state index in [-0.39, 0.29) is 12.3 Å². The molecule has 2 heterocycles. The number of pyridine rings is 1. The molecule has 1 unspecified atom stereocenters. The third-order valence-corrected chi connectivity index (χ3v) is 4.25. The lowest BCUT2D eigenvalue weighted by Gasteiger charge is -2.13. The Balaban J connectivity index is 1.51. The molecule has 0 bridgehead atoms. The van der Waals surface area contributed by atoms with Crippen molar-refractivity contribution < 1.29 is 23.1 Å². The van der Waals surface area contributed by atoms with E-state index in [9.17, 15) is 13.9 Å². The molecule has 9 nitrogen and oxygen atoms in total. The highest BCUT2D eigenvalue weighted by atomic mass is 19.3. The molecule has 3 rings (SSSR count). The number of benzene rings is 1. The fourth-order valence-corrected chi connectivity index (χ4v) is 2.74. The average molecular weight is 446 g/mol. The molecule has 0 aliphatic carbocycles. The van der Waals surface area contributed by atoms with Crippen LogP contribution in [0, 0.1) is 0 Å². The minimum Gasteiger partial charge on any atom is -0.435 e. The average Bonchev–Trinajstić information content (AvgIpc) is 3.27. The van der Waals surface area contributed by atoms with Gasteiger partial charge in [0.25, 0.3) is 5.89 Å². The van der Waals surface area contributed by atoms with Crippen molar-refractivity contribution in [1.29, 1.82) is 0 Å². The normalized spacial score (nSPS) is 12.6. The maximum Gasteiger partial charge on any atom is 0.387 e. The van der Waals surface area contributed by atoms with Crippen LogP contribution in [-0.2, 0) is 6.42 Å². The van der Waals surface area contributed by atoms with E-state index < -0.39 is 12.7 Å². The van der Waals surface area contributed by atoms with E-state index in [4.69, 9.17) is 4.52 Å². The van der Waals surface area contributed by atoms with Crippen molar-refractivity contribution in [3.63, 3.8) is 0 Å². The van der Waals surface area contributed by atoms with Crippen LogP contribution in [0.15, 0.2) is 58.2 Å². The molecule has 1 atom stereocenters. The van der Waals surface area contributed by atoms with Crippen LogP contribution in [0.2, 0.25) is 0 Å². The second-order valence-electron chi connectivity index (χ2n) is 6.59. The second-order valence-corrected chi connectivity index (χ2v) is 6.59. The first-order valence-corrected chi connectivity index (χ1v) is 10.0. The number of ether oxygens (including phenoxy) is 1. The summed E-state index contributed by atoms with van der Waals surface area (Å²) in [7, 11) is 0. The van der Waals surface area contributed by atoms with Gasteiger partial charge in [-0.1, -0.05) is 23.4 Å². The Kier molecular flexibility index (Phi) is 8.44. The molecule has 0 fully saturated rings. The van der Waals surface area contributed by atoms with Gasteiger partial charge >= 0.3 is 6.61 Å². The number of aliphatic hydroxyl groups is 1. The largest absolute Gasteiger partial charge is 0.435 e. The maximum absolute atomic E-state index is 12.2. The highest BCUT2D eigenvalue weighted by molar-refractivity contribution is 5.79. The van der Waals surface area contributed by atoms with E-state index in [1.54, 1.807) is 18.3 Å². The van der Waals surface area contributed by atoms with Crippen molar-refractivity contribution >= 4 is 5.96 Å². The zero-order valence-corrected chi connectivity index (χ0v) is 17.4. The van der Waals surface area contributed by atoms with Gasteiger partial charge in [-0.3, -0.25) is 9.98 Å². The van der Waals surface area contributed by atoms with E-state index in [0.717, 1.165) is 0 Å². The van der Waals surface area contributed by atoms with E-state index in [0.29, 0.717) is 48.4 Å². The summed E-state index contributed by atoms with van der Waals surface area (Å²) in [4.78, 5) is 12.9. The molecule has 0 saturated heterocycles. The van der Waals surface area contributed by atoms with E-state index in [2.05, 4.69) is 35.5 Å². The fourth-order valence-electron chi connectivity index (χ4n) is 2.74. The first-order valence-electron chi connectivity index (χ1n) is 10.0. The Bertz CT molecular complexity index is 983. The van der Waals surface area contributed by atoms with Crippen molar-refractivity contribution in [1.82, 2.24) is 25.8 Å². The smallest absolute Gasteiger partial charge is 0.387 e. The molecular formula is C21H24F2N6O3. The van der Waals surface area contributed by atoms with Crippen molar-refractivity contribution in [3.8, 4) is 17.3 Å². The molecule has 0 spiro atoms. The highest BCUT2D eigenvalue weighted by Gasteiger charge is 2.11. The van der Waals surface area contributed by atoms with Crippen molar-refractivity contribution in [2.24, 2.45) is 4.99 Å². The lowest BCUT2D eigenvalue weighted by Crippen LogP contribution is -2.38. The van der Waals surface area contributed by atoms with Crippen molar-refractivity contribution in [2.75, 3.05) is 19.6 Å². The third-order valence-electron chi connectivity index (χ3n) is 4.25. The molecule has 0 radical (unpaired) electrons. The molecule has 0 aliphatic rings. The van der Waals surface area contributed by atoms with Crippen LogP contribution in [0.25, 0.3) is 11.6 Å². The van der Waals surface area contributed by atoms with Crippen LogP contribution in [0.5, 0.6) is 5.75 Å². The minimum atomic E-state index is -2.89. The summed E-state index contributed by atoms with van der Waals surface area (Å²) in [5.74, 6) is 1.43. The molecule has 3 N–H and O–H groups in total. The van der Waals surface area contributed by atoms with Gasteiger partial charge in [0.1, 0.15) is 11.4 Å². The zero-order chi connectivity index (χ0) is 22.8. The SMILES string of the molecule is CCNC(=NCC(O)c1ccc(OC(F)F)cc1)NCCc1noc(-c2ccccn2)n1. The van der Waals surface area contributed by atoms with Gasteiger partial charge in [-0.2, -0.15) is 13.8 Å². The first kappa shape index (κ1) is 23.1. The summed E-state index contributed by atoms with van der Waals surface area (Å²) in [5.41, 5.74) is 1.15. The van der Waals surface area contributed by atoms with Gasteiger partial charge < -0.3 is 25.0 Å². The number of nitrogens with zero attached hydrogens (tertiary/aromatic N) is 4. The summed E-state index contributed by atoms with van der Waals surface area (Å²) >= 11 is 0. The number of hydrogen-bond acceptors (Lipinski definition) is 7. The number of alkyl halides is 2. The maximum atomic E-state index is 12.2. The number of aromatic nitrogens is 3. The fraction of sp³-hybridized carbons (Fsp3) is 0.333. The number of aliphatic imine (C=N–C) groups is 1. The number of hydrogen-bond donors (Lipinski definition) is 3. The molecule has 2 aromatic heterocycles. The molecule has 0 aliphatic heterocycles. The topological polar surface area (TPSA) is 118 Å². The van der Waals surface area contributed by atoms with Gasteiger partial charge in [-0.05, 0) is 36.8 Å². The van der Waals surface area contributed by atoms with Crippen LogP contribution >= 0.6 is 0 Å². The molecule has 1 aromatic carbocycles. The van der Waals surface area contributed by atoms with Crippen LogP contribution in [0.4, 0.5) is 8.78 Å². The Labute approximate surface area is 183 Å². The monoisotopic (exact) mass is 446 g/mol. The standard InChI is InChI=1S/C21H24F2N6O3/c1-2-24-21(27-13-17(30)14-6-8-15(9-7-14)31-20(22)23)26-12-10-18-28-19(32-29-18)16-5-3-4-11-25-16/h3-9,11,17,20,30H,2,10,12-13H2,1H3,(H2,24,26,27). The van der Waals surface area contributed by atoms with Crippen molar-refractivity contribution in [3.05, 3.63) is 60.0 Å². The predicted octanol–water partition coefficient (Wildman–Crippen LogP) is 2.56. The van der Waals surface area contributed by atoms with Crippen LogP contribution < -0.4 is 15.4 Å². The lowest BCUT2D eigenvalue weighted by molar-refractivity contribution is -0.0498. The van der Waals surface area contributed by atoms with Gasteiger partial charge in [-0.15, -0.1) is 0 Å². The highest BCUT2D eigenvalue weighted by Crippen LogP contribution is 2.19. The van der Waals surface area contributed by atoms with Gasteiger partial charge in [0, 0.05) is 25.7 Å². The predicted molar refractivity (Wildman–Crippen MR) is 113 cm³/mol. The Morgan fingerprint density at radius 3 is 2.69 bits per heavy atom. The molecule has 3 aromatic rings. The molecular weight excluding hydrogens is 422 g/mol. The number of halogens is 2. The first-order chi connectivity index (χ1) is 15.5. The molecule has 0 saturated carbocycles. The Morgan fingerprint density at radius 2 is 2.00 bits per heavy atom. The molecule has 170 valence electrons. The van der Waals surface area contributed by atoms with Gasteiger partial charge in [-0.25, -0.2) is 0 Å². The van der Waals surface area contributed by atoms with E-state index in [1.165, 1.54) is 24.3 Å². The van der Waals surface area contributed by atoms with Crippen molar-refractivity contribution in [2.45, 2.75) is 26.1 Å². The summed E-state index contributed by atoms with van der Waals surface area (Å²) in [5, 5.41) is 20.5. The number of nitrogens with one attached hydrogen (secondary N) is 2. The van der Waals surface area contributed by atoms with E-state index in [1.807, 2.05) is 13.0 Å². The summed E-state index contributed by atoms with van der Waals surface area (Å²) in [6.07, 6.45) is 1.25. The van der Waals surface area contributed by atoms with E-state index >= 15 is 0 Å². The minimum absolute atomic E-state index is 0.0297. The van der Waals surface area contributed by atoms with Crippen LogP contribution in [-0.4, -0.2) is 52.4 Å². The molecule has 11 heteroatoms. The van der Waals surface area contributed by atoms with Gasteiger partial charge in [0.15, 0.2) is 11.8 Å². The van der Waals surface area contributed by atoms with Crippen LogP contribution in [0.1, 0.15) is 24.4 Å². The summed E-state index contributed by atoms with van der Waals surface area (Å²) in [6, 6.07) is 11.2. The zero-order valence-electron chi connectivity index (χ0n) is 17.4. The lowest BCUT2D eigenvalue weighted by atomic mass is 10.1. The van der Waals surface area contributed by atoms with Gasteiger partial charge in [0.2, 0.25) is 0 Å². The number of guanidine groups is 1. The number of rotatable bonds is 10. The summed E-state index contributed by atoms with van der Waals surface area (Å²) in [6.45, 7) is 0.235. The molecule has 32 heavy (non-hydrogen) atoms. The molecule has 0 amide bonds. The second kappa shape index (κ2) is 11.7. The van der Waals surface area contributed by atoms with Crippen LogP contribution in [0.3, 0.4) is 0 Å². The Hall–Kier alpha value is -3.60. The number of aliphatic hydroxyl groups excluding tert-OH is 1. The third kappa shape index (κ3) is 6.98. The Morgan fingerprint density at radius 1 is 1.19 bits per heavy atom.